The number of phenolic OH excluding ortho intramolecular Hbond substituents is 1. The van der Waals surface area contributed by atoms with E-state index < -0.39 is 0 Å². The molecule has 1 aliphatic heterocycles. The number of hydrogen-bond acceptors (Lipinski definition) is 4. The number of phenols is 1. The summed E-state index contributed by atoms with van der Waals surface area (Å²) < 4.78 is 5.06. The average molecular weight is 312 g/mol. The van der Waals surface area contributed by atoms with Crippen LogP contribution in [0.3, 0.4) is 0 Å². The van der Waals surface area contributed by atoms with Gasteiger partial charge in [-0.15, -0.1) is 0 Å². The summed E-state index contributed by atoms with van der Waals surface area (Å²) in [5.74, 6) is 0.673. The van der Waals surface area contributed by atoms with Gasteiger partial charge in [-0.05, 0) is 61.2 Å². The van der Waals surface area contributed by atoms with Crippen molar-refractivity contribution >= 4 is 11.4 Å². The van der Waals surface area contributed by atoms with Gasteiger partial charge in [-0.25, -0.2) is 0 Å². The number of hydrogen-bond donors (Lipinski definition) is 2. The van der Waals surface area contributed by atoms with Gasteiger partial charge in [0.1, 0.15) is 0 Å². The standard InChI is InChI=1S/C19H24N2O2/c1-23-19-10-5-15(13-18(19)22)14-20-16-6-8-17(9-7-16)21-11-3-2-4-12-21/h5-10,13,20,22H,2-4,11-12,14H2,1H3. The van der Waals surface area contributed by atoms with Crippen LogP contribution in [0.25, 0.3) is 0 Å². The lowest BCUT2D eigenvalue weighted by Gasteiger charge is -2.28. The average Bonchev–Trinajstić information content (AvgIpc) is 2.61. The van der Waals surface area contributed by atoms with Gasteiger partial charge in [0.15, 0.2) is 11.5 Å². The maximum absolute atomic E-state index is 9.81. The molecule has 0 aromatic heterocycles. The molecule has 122 valence electrons. The maximum atomic E-state index is 9.81. The van der Waals surface area contributed by atoms with Crippen molar-refractivity contribution < 1.29 is 9.84 Å². The fourth-order valence-corrected chi connectivity index (χ4v) is 2.99. The van der Waals surface area contributed by atoms with Crippen molar-refractivity contribution in [2.75, 3.05) is 30.4 Å². The molecule has 3 rings (SSSR count). The molecule has 0 saturated carbocycles. The molecule has 0 aliphatic carbocycles. The molecule has 0 amide bonds. The van der Waals surface area contributed by atoms with Crippen molar-refractivity contribution in [2.24, 2.45) is 0 Å². The monoisotopic (exact) mass is 312 g/mol. The molecule has 4 heteroatoms. The number of nitrogens with one attached hydrogen (secondary N) is 1. The molecule has 4 nitrogen and oxygen atoms in total. The first kappa shape index (κ1) is 15.5. The van der Waals surface area contributed by atoms with Gasteiger partial charge >= 0.3 is 0 Å². The second-order valence-corrected chi connectivity index (χ2v) is 5.95. The Morgan fingerprint density at radius 3 is 2.43 bits per heavy atom. The number of rotatable bonds is 5. The van der Waals surface area contributed by atoms with Gasteiger partial charge in [-0.3, -0.25) is 0 Å². The Hall–Kier alpha value is -2.36. The van der Waals surface area contributed by atoms with Gasteiger partial charge in [-0.1, -0.05) is 6.07 Å². The van der Waals surface area contributed by atoms with Crippen molar-refractivity contribution in [2.45, 2.75) is 25.8 Å². The molecule has 0 bridgehead atoms. The topological polar surface area (TPSA) is 44.7 Å². The molecule has 23 heavy (non-hydrogen) atoms. The van der Waals surface area contributed by atoms with Crippen LogP contribution >= 0.6 is 0 Å². The third-order valence-corrected chi connectivity index (χ3v) is 4.33. The molecular weight excluding hydrogens is 288 g/mol. The number of benzene rings is 2. The summed E-state index contributed by atoms with van der Waals surface area (Å²) in [5, 5.41) is 13.2. The van der Waals surface area contributed by atoms with Crippen LogP contribution in [0.4, 0.5) is 11.4 Å². The first-order valence-electron chi connectivity index (χ1n) is 8.21. The van der Waals surface area contributed by atoms with Crippen molar-refractivity contribution in [3.05, 3.63) is 48.0 Å². The zero-order chi connectivity index (χ0) is 16.1. The summed E-state index contributed by atoms with van der Waals surface area (Å²) in [6, 6.07) is 14.1. The Balaban J connectivity index is 1.59. The van der Waals surface area contributed by atoms with Crippen LogP contribution in [0.2, 0.25) is 0 Å². The number of piperidine rings is 1. The second-order valence-electron chi connectivity index (χ2n) is 5.95. The summed E-state index contributed by atoms with van der Waals surface area (Å²) in [5.41, 5.74) is 3.40. The number of aromatic hydroxyl groups is 1. The van der Waals surface area contributed by atoms with E-state index >= 15 is 0 Å². The van der Waals surface area contributed by atoms with Crippen LogP contribution in [-0.4, -0.2) is 25.3 Å². The molecular formula is C19H24N2O2. The molecule has 2 aromatic rings. The van der Waals surface area contributed by atoms with Crippen molar-refractivity contribution in [1.29, 1.82) is 0 Å². The van der Waals surface area contributed by atoms with E-state index in [1.54, 1.807) is 19.2 Å². The Bertz CT molecular complexity index is 634. The zero-order valence-electron chi connectivity index (χ0n) is 13.6. The van der Waals surface area contributed by atoms with Crippen molar-refractivity contribution in [3.63, 3.8) is 0 Å². The van der Waals surface area contributed by atoms with Crippen LogP contribution < -0.4 is 15.0 Å². The highest BCUT2D eigenvalue weighted by molar-refractivity contribution is 5.55. The molecule has 0 radical (unpaired) electrons. The van der Waals surface area contributed by atoms with Crippen LogP contribution in [0.5, 0.6) is 11.5 Å². The molecule has 1 heterocycles. The minimum Gasteiger partial charge on any atom is -0.504 e. The molecule has 1 fully saturated rings. The summed E-state index contributed by atoms with van der Waals surface area (Å²) in [4.78, 5) is 2.45. The SMILES string of the molecule is COc1ccc(CNc2ccc(N3CCCCC3)cc2)cc1O. The maximum Gasteiger partial charge on any atom is 0.160 e. The van der Waals surface area contributed by atoms with E-state index in [0.717, 1.165) is 24.3 Å². The van der Waals surface area contributed by atoms with E-state index in [4.69, 9.17) is 4.74 Å². The van der Waals surface area contributed by atoms with E-state index in [-0.39, 0.29) is 5.75 Å². The lowest BCUT2D eigenvalue weighted by atomic mass is 10.1. The van der Waals surface area contributed by atoms with Crippen LogP contribution in [0.15, 0.2) is 42.5 Å². The lowest BCUT2D eigenvalue weighted by molar-refractivity contribution is 0.373. The Morgan fingerprint density at radius 1 is 1.04 bits per heavy atom. The molecule has 0 atom stereocenters. The Morgan fingerprint density at radius 2 is 1.78 bits per heavy atom. The molecule has 2 aromatic carbocycles. The number of anilines is 2. The first-order valence-corrected chi connectivity index (χ1v) is 8.21. The molecule has 2 N–H and O–H groups in total. The normalized spacial score (nSPS) is 14.6. The third kappa shape index (κ3) is 3.89. The van der Waals surface area contributed by atoms with E-state index in [2.05, 4.69) is 34.5 Å². The third-order valence-electron chi connectivity index (χ3n) is 4.33. The molecule has 1 aliphatic rings. The Labute approximate surface area is 137 Å². The highest BCUT2D eigenvalue weighted by Crippen LogP contribution is 2.27. The molecule has 1 saturated heterocycles. The van der Waals surface area contributed by atoms with E-state index in [1.165, 1.54) is 24.9 Å². The van der Waals surface area contributed by atoms with Crippen LogP contribution in [-0.2, 0) is 6.54 Å². The summed E-state index contributed by atoms with van der Waals surface area (Å²) >= 11 is 0. The largest absolute Gasteiger partial charge is 0.504 e. The summed E-state index contributed by atoms with van der Waals surface area (Å²) in [6.07, 6.45) is 3.94. The van der Waals surface area contributed by atoms with Gasteiger partial charge in [0.05, 0.1) is 7.11 Å². The fourth-order valence-electron chi connectivity index (χ4n) is 2.99. The number of nitrogens with zero attached hydrogens (tertiary/aromatic N) is 1. The molecule has 0 spiro atoms. The van der Waals surface area contributed by atoms with Crippen LogP contribution in [0, 0.1) is 0 Å². The van der Waals surface area contributed by atoms with Gasteiger partial charge in [0.2, 0.25) is 0 Å². The van der Waals surface area contributed by atoms with Gasteiger partial charge in [-0.2, -0.15) is 0 Å². The highest BCUT2D eigenvalue weighted by atomic mass is 16.5. The summed E-state index contributed by atoms with van der Waals surface area (Å²) in [6.45, 7) is 3.00. The van der Waals surface area contributed by atoms with Crippen molar-refractivity contribution in [1.82, 2.24) is 0 Å². The lowest BCUT2D eigenvalue weighted by Crippen LogP contribution is -2.29. The van der Waals surface area contributed by atoms with E-state index in [1.807, 2.05) is 6.07 Å². The number of methoxy groups -OCH3 is 1. The second kappa shape index (κ2) is 7.27. The quantitative estimate of drug-likeness (QED) is 0.876. The Kier molecular flexibility index (Phi) is 4.91. The zero-order valence-corrected chi connectivity index (χ0v) is 13.6. The fraction of sp³-hybridized carbons (Fsp3) is 0.368. The highest BCUT2D eigenvalue weighted by Gasteiger charge is 2.10. The predicted octanol–water partition coefficient (Wildman–Crippen LogP) is 4.00. The van der Waals surface area contributed by atoms with E-state index in [9.17, 15) is 5.11 Å². The van der Waals surface area contributed by atoms with Gasteiger partial charge in [0, 0.05) is 31.0 Å². The first-order chi connectivity index (χ1) is 11.3. The number of ether oxygens (including phenoxy) is 1. The predicted molar refractivity (Wildman–Crippen MR) is 94.5 cm³/mol. The van der Waals surface area contributed by atoms with Gasteiger partial charge in [0.25, 0.3) is 0 Å². The smallest absolute Gasteiger partial charge is 0.160 e. The van der Waals surface area contributed by atoms with E-state index in [0.29, 0.717) is 12.3 Å². The van der Waals surface area contributed by atoms with Crippen molar-refractivity contribution in [3.8, 4) is 11.5 Å². The molecule has 0 unspecified atom stereocenters. The minimum atomic E-state index is 0.173. The summed E-state index contributed by atoms with van der Waals surface area (Å²) in [7, 11) is 1.55. The van der Waals surface area contributed by atoms with Crippen LogP contribution in [0.1, 0.15) is 24.8 Å². The minimum absolute atomic E-state index is 0.173. The van der Waals surface area contributed by atoms with Gasteiger partial charge < -0.3 is 20.1 Å².